The van der Waals surface area contributed by atoms with Crippen molar-refractivity contribution in [1.82, 2.24) is 15.0 Å². The van der Waals surface area contributed by atoms with E-state index in [-0.39, 0.29) is 0 Å². The second-order valence-corrected chi connectivity index (χ2v) is 12.3. The Labute approximate surface area is 264 Å². The van der Waals surface area contributed by atoms with E-state index < -0.39 is 0 Å². The standard InChI is InChI=1S/C41H25N3S/c1-3-13-26(14-4-1)39-42-40(27-15-5-2-6-16-27)44-41(43-39)35-24-29(25-37-38(35)33-21-11-12-22-36(33)45-37)34-23-28-17-7-8-18-30(28)31-19-9-10-20-32(31)34/h1-25H. The van der Waals surface area contributed by atoms with Gasteiger partial charge in [-0.25, -0.2) is 15.0 Å². The lowest BCUT2D eigenvalue weighted by molar-refractivity contribution is 1.08. The fourth-order valence-electron chi connectivity index (χ4n) is 6.41. The largest absolute Gasteiger partial charge is 0.208 e. The molecule has 0 saturated carbocycles. The van der Waals surface area contributed by atoms with Crippen LogP contribution in [-0.4, -0.2) is 15.0 Å². The molecule has 210 valence electrons. The normalized spacial score (nSPS) is 11.6. The van der Waals surface area contributed by atoms with Gasteiger partial charge in [-0.15, -0.1) is 11.3 Å². The van der Waals surface area contributed by atoms with Crippen molar-refractivity contribution in [3.63, 3.8) is 0 Å². The monoisotopic (exact) mass is 591 g/mol. The van der Waals surface area contributed by atoms with Crippen molar-refractivity contribution in [2.24, 2.45) is 0 Å². The van der Waals surface area contributed by atoms with Gasteiger partial charge in [0.2, 0.25) is 0 Å². The van der Waals surface area contributed by atoms with Gasteiger partial charge in [0.05, 0.1) is 0 Å². The van der Waals surface area contributed by atoms with Crippen LogP contribution in [0.15, 0.2) is 152 Å². The van der Waals surface area contributed by atoms with Crippen molar-refractivity contribution in [3.05, 3.63) is 152 Å². The van der Waals surface area contributed by atoms with Gasteiger partial charge in [-0.1, -0.05) is 127 Å². The van der Waals surface area contributed by atoms with Crippen LogP contribution in [0.5, 0.6) is 0 Å². The van der Waals surface area contributed by atoms with Crippen molar-refractivity contribution in [2.45, 2.75) is 0 Å². The molecular weight excluding hydrogens is 567 g/mol. The lowest BCUT2D eigenvalue weighted by Gasteiger charge is -2.14. The molecule has 2 heterocycles. The summed E-state index contributed by atoms with van der Waals surface area (Å²) in [7, 11) is 0. The Hall–Kier alpha value is -5.71. The zero-order chi connectivity index (χ0) is 29.7. The number of rotatable bonds is 4. The Morgan fingerprint density at radius 1 is 0.356 bits per heavy atom. The van der Waals surface area contributed by atoms with Crippen LogP contribution in [0.25, 0.3) is 87.0 Å². The van der Waals surface area contributed by atoms with Gasteiger partial charge in [0.25, 0.3) is 0 Å². The smallest absolute Gasteiger partial charge is 0.164 e. The van der Waals surface area contributed by atoms with Gasteiger partial charge in [0.1, 0.15) is 0 Å². The van der Waals surface area contributed by atoms with Gasteiger partial charge >= 0.3 is 0 Å². The predicted molar refractivity (Wildman–Crippen MR) is 189 cm³/mol. The summed E-state index contributed by atoms with van der Waals surface area (Å²) in [6.07, 6.45) is 0. The molecule has 0 aliphatic carbocycles. The number of hydrogen-bond donors (Lipinski definition) is 0. The minimum atomic E-state index is 0.661. The summed E-state index contributed by atoms with van der Waals surface area (Å²) in [6.45, 7) is 0. The SMILES string of the molecule is c1ccc(-c2nc(-c3ccccc3)nc(-c3cc(-c4cc5ccccc5c5ccccc45)cc4sc5ccccc5c34)n2)cc1. The predicted octanol–water partition coefficient (Wildman–Crippen LogP) is 11.2. The Morgan fingerprint density at radius 2 is 0.911 bits per heavy atom. The van der Waals surface area contributed by atoms with Crippen molar-refractivity contribution < 1.29 is 0 Å². The number of fused-ring (bicyclic) bond motifs is 6. The van der Waals surface area contributed by atoms with Crippen LogP contribution in [0.2, 0.25) is 0 Å². The first-order valence-electron chi connectivity index (χ1n) is 15.0. The van der Waals surface area contributed by atoms with E-state index in [1.54, 1.807) is 0 Å². The highest BCUT2D eigenvalue weighted by Crippen LogP contribution is 2.44. The Balaban J connectivity index is 1.38. The van der Waals surface area contributed by atoms with Crippen LogP contribution in [0.3, 0.4) is 0 Å². The molecule has 0 bridgehead atoms. The quantitative estimate of drug-likeness (QED) is 0.191. The summed E-state index contributed by atoms with van der Waals surface area (Å²) in [5.74, 6) is 1.99. The first kappa shape index (κ1) is 25.8. The minimum Gasteiger partial charge on any atom is -0.208 e. The van der Waals surface area contributed by atoms with Crippen molar-refractivity contribution in [3.8, 4) is 45.3 Å². The first-order chi connectivity index (χ1) is 22.3. The van der Waals surface area contributed by atoms with Crippen LogP contribution >= 0.6 is 11.3 Å². The van der Waals surface area contributed by atoms with Crippen LogP contribution in [0, 0.1) is 0 Å². The van der Waals surface area contributed by atoms with Crippen LogP contribution in [0.1, 0.15) is 0 Å². The maximum Gasteiger partial charge on any atom is 0.164 e. The highest BCUT2D eigenvalue weighted by Gasteiger charge is 2.19. The van der Waals surface area contributed by atoms with E-state index in [0.717, 1.165) is 22.3 Å². The summed E-state index contributed by atoms with van der Waals surface area (Å²) in [6, 6.07) is 53.3. The van der Waals surface area contributed by atoms with Crippen molar-refractivity contribution in [2.75, 3.05) is 0 Å². The van der Waals surface area contributed by atoms with E-state index in [9.17, 15) is 0 Å². The summed E-state index contributed by atoms with van der Waals surface area (Å²) in [5.41, 5.74) is 5.27. The van der Waals surface area contributed by atoms with Crippen molar-refractivity contribution in [1.29, 1.82) is 0 Å². The van der Waals surface area contributed by atoms with Crippen LogP contribution in [0.4, 0.5) is 0 Å². The lowest BCUT2D eigenvalue weighted by Crippen LogP contribution is -2.00. The Bertz CT molecular complexity index is 2480. The fourth-order valence-corrected chi connectivity index (χ4v) is 7.58. The van der Waals surface area contributed by atoms with Gasteiger partial charge in [-0.2, -0.15) is 0 Å². The molecule has 0 spiro atoms. The molecule has 3 nitrogen and oxygen atoms in total. The minimum absolute atomic E-state index is 0.661. The van der Waals surface area contributed by atoms with E-state index in [1.807, 2.05) is 47.7 Å². The molecular formula is C41H25N3S. The zero-order valence-corrected chi connectivity index (χ0v) is 25.0. The summed E-state index contributed by atoms with van der Waals surface area (Å²) < 4.78 is 2.46. The lowest BCUT2D eigenvalue weighted by atomic mass is 9.91. The van der Waals surface area contributed by atoms with Gasteiger partial charge in [0.15, 0.2) is 17.5 Å². The van der Waals surface area contributed by atoms with Gasteiger partial charge < -0.3 is 0 Å². The molecule has 0 atom stereocenters. The third-order valence-corrected chi connectivity index (χ3v) is 9.62. The maximum absolute atomic E-state index is 5.17. The highest BCUT2D eigenvalue weighted by atomic mass is 32.1. The molecule has 0 aliphatic heterocycles. The summed E-state index contributed by atoms with van der Waals surface area (Å²) in [5, 5.41) is 7.35. The number of nitrogens with zero attached hydrogens (tertiary/aromatic N) is 3. The fraction of sp³-hybridized carbons (Fsp3) is 0. The topological polar surface area (TPSA) is 38.7 Å². The van der Waals surface area contributed by atoms with E-state index in [2.05, 4.69) is 115 Å². The first-order valence-corrected chi connectivity index (χ1v) is 15.9. The maximum atomic E-state index is 5.17. The summed E-state index contributed by atoms with van der Waals surface area (Å²) in [4.78, 5) is 15.3. The molecule has 4 heteroatoms. The molecule has 0 radical (unpaired) electrons. The number of thiophene rings is 1. The Kier molecular flexibility index (Phi) is 6.00. The highest BCUT2D eigenvalue weighted by molar-refractivity contribution is 7.26. The molecule has 0 fully saturated rings. The van der Waals surface area contributed by atoms with Crippen molar-refractivity contribution >= 4 is 53.1 Å². The van der Waals surface area contributed by atoms with E-state index in [0.29, 0.717) is 17.5 Å². The average molecular weight is 592 g/mol. The third kappa shape index (κ3) is 4.38. The molecule has 9 aromatic rings. The van der Waals surface area contributed by atoms with Crippen LogP contribution < -0.4 is 0 Å². The molecule has 45 heavy (non-hydrogen) atoms. The third-order valence-electron chi connectivity index (χ3n) is 8.50. The molecule has 0 aliphatic rings. The van der Waals surface area contributed by atoms with Gasteiger partial charge in [0, 0.05) is 36.9 Å². The molecule has 0 unspecified atom stereocenters. The molecule has 0 N–H and O–H groups in total. The number of aromatic nitrogens is 3. The van der Waals surface area contributed by atoms with E-state index in [1.165, 1.54) is 47.3 Å². The second kappa shape index (κ2) is 10.5. The molecule has 7 aromatic carbocycles. The number of hydrogen-bond acceptors (Lipinski definition) is 4. The molecule has 0 amide bonds. The zero-order valence-electron chi connectivity index (χ0n) is 24.2. The molecule has 9 rings (SSSR count). The molecule has 0 saturated heterocycles. The van der Waals surface area contributed by atoms with E-state index >= 15 is 0 Å². The Morgan fingerprint density at radius 3 is 1.62 bits per heavy atom. The second-order valence-electron chi connectivity index (χ2n) is 11.2. The average Bonchev–Trinajstić information content (AvgIpc) is 3.50. The van der Waals surface area contributed by atoms with Crippen LogP contribution in [-0.2, 0) is 0 Å². The summed E-state index contributed by atoms with van der Waals surface area (Å²) >= 11 is 1.82. The molecule has 2 aromatic heterocycles. The van der Waals surface area contributed by atoms with E-state index in [4.69, 9.17) is 15.0 Å². The number of benzene rings is 7. The van der Waals surface area contributed by atoms with Gasteiger partial charge in [-0.05, 0) is 56.9 Å². The van der Waals surface area contributed by atoms with Gasteiger partial charge in [-0.3, -0.25) is 0 Å².